The molecule has 2 rings (SSSR count). The Morgan fingerprint density at radius 3 is 2.89 bits per heavy atom. The number of hydrogen-bond acceptors (Lipinski definition) is 3. The van der Waals surface area contributed by atoms with Crippen molar-refractivity contribution in [1.29, 1.82) is 0 Å². The molecule has 2 atom stereocenters. The first-order chi connectivity index (χ1) is 9.06. The molecule has 0 radical (unpaired) electrons. The topological polar surface area (TPSA) is 64.2 Å². The van der Waals surface area contributed by atoms with Gasteiger partial charge in [-0.05, 0) is 52.1 Å². The maximum Gasteiger partial charge on any atom is 0.272 e. The van der Waals surface area contributed by atoms with Crippen molar-refractivity contribution < 1.29 is 4.79 Å². The van der Waals surface area contributed by atoms with E-state index < -0.39 is 0 Å². The van der Waals surface area contributed by atoms with Gasteiger partial charge in [-0.25, -0.2) is 0 Å². The van der Waals surface area contributed by atoms with Crippen LogP contribution in [0.25, 0.3) is 0 Å². The number of hydrogen-bond donors (Lipinski definition) is 1. The summed E-state index contributed by atoms with van der Waals surface area (Å²) < 4.78 is 1.79. The smallest absolute Gasteiger partial charge is 0.272 e. The van der Waals surface area contributed by atoms with Crippen LogP contribution in [-0.4, -0.2) is 39.7 Å². The molecule has 2 unspecified atom stereocenters. The number of nitrogens with zero attached hydrogens (tertiary/aromatic N) is 3. The first-order valence-electron chi connectivity index (χ1n) is 7.12. The summed E-state index contributed by atoms with van der Waals surface area (Å²) in [6, 6.07) is 2.17. The zero-order valence-corrected chi connectivity index (χ0v) is 12.1. The minimum Gasteiger partial charge on any atom is -0.334 e. The van der Waals surface area contributed by atoms with Gasteiger partial charge in [0.15, 0.2) is 0 Å². The van der Waals surface area contributed by atoms with Crippen LogP contribution in [0, 0.1) is 12.8 Å². The lowest BCUT2D eigenvalue weighted by atomic mass is 9.93. The van der Waals surface area contributed by atoms with E-state index in [2.05, 4.69) is 12.0 Å². The predicted molar refractivity (Wildman–Crippen MR) is 74.9 cm³/mol. The minimum absolute atomic E-state index is 0.0908. The van der Waals surface area contributed by atoms with Crippen LogP contribution >= 0.6 is 0 Å². The number of amides is 1. The van der Waals surface area contributed by atoms with Gasteiger partial charge in [0.2, 0.25) is 0 Å². The molecule has 19 heavy (non-hydrogen) atoms. The molecule has 0 saturated carbocycles. The van der Waals surface area contributed by atoms with Gasteiger partial charge in [-0.2, -0.15) is 5.10 Å². The molecule has 5 heteroatoms. The molecule has 0 aromatic carbocycles. The van der Waals surface area contributed by atoms with Gasteiger partial charge in [-0.15, -0.1) is 0 Å². The zero-order chi connectivity index (χ0) is 14.0. The summed E-state index contributed by atoms with van der Waals surface area (Å²) in [5.41, 5.74) is 7.35. The van der Waals surface area contributed by atoms with Crippen LogP contribution in [0.2, 0.25) is 0 Å². The Balaban J connectivity index is 2.21. The summed E-state index contributed by atoms with van der Waals surface area (Å²) in [6.07, 6.45) is 2.15. The maximum atomic E-state index is 12.7. The van der Waals surface area contributed by atoms with Gasteiger partial charge in [0.25, 0.3) is 5.91 Å². The lowest BCUT2D eigenvalue weighted by Crippen LogP contribution is -2.47. The van der Waals surface area contributed by atoms with Crippen LogP contribution in [0.15, 0.2) is 6.07 Å². The van der Waals surface area contributed by atoms with Gasteiger partial charge >= 0.3 is 0 Å². The summed E-state index contributed by atoms with van der Waals surface area (Å²) in [5, 5.41) is 4.35. The van der Waals surface area contributed by atoms with Crippen molar-refractivity contribution in [2.24, 2.45) is 11.7 Å². The lowest BCUT2D eigenvalue weighted by Gasteiger charge is -2.37. The van der Waals surface area contributed by atoms with Gasteiger partial charge in [0.1, 0.15) is 5.69 Å². The van der Waals surface area contributed by atoms with E-state index in [0.29, 0.717) is 18.2 Å². The van der Waals surface area contributed by atoms with Crippen molar-refractivity contribution in [3.8, 4) is 0 Å². The van der Waals surface area contributed by atoms with Gasteiger partial charge in [0.05, 0.1) is 5.69 Å². The number of rotatable bonds is 3. The third-order valence-electron chi connectivity index (χ3n) is 3.99. The molecule has 1 amide bonds. The predicted octanol–water partition coefficient (Wildman–Crippen LogP) is 1.41. The molecule has 1 aliphatic heterocycles. The number of piperidine rings is 1. The molecule has 0 aliphatic carbocycles. The highest BCUT2D eigenvalue weighted by molar-refractivity contribution is 5.93. The summed E-state index contributed by atoms with van der Waals surface area (Å²) in [5.74, 6) is 0.521. The highest BCUT2D eigenvalue weighted by Crippen LogP contribution is 2.23. The summed E-state index contributed by atoms with van der Waals surface area (Å²) in [6.45, 7) is 8.19. The van der Waals surface area contributed by atoms with Crippen LogP contribution in [0.3, 0.4) is 0 Å². The van der Waals surface area contributed by atoms with Crippen LogP contribution in [0.4, 0.5) is 0 Å². The van der Waals surface area contributed by atoms with Crippen molar-refractivity contribution >= 4 is 5.91 Å². The number of likely N-dealkylation sites (tertiary alicyclic amines) is 1. The average Bonchev–Trinajstić information content (AvgIpc) is 2.79. The fraction of sp³-hybridized carbons (Fsp3) is 0.714. The standard InChI is InChI=1S/C14H24N4O/c1-4-18-13(7-10(2)16-18)14(19)17-9-12(8-15)6-5-11(17)3/h7,11-12H,4-6,8-9,15H2,1-3H3. The van der Waals surface area contributed by atoms with Crippen molar-refractivity contribution in [2.45, 2.75) is 46.2 Å². The molecular formula is C14H24N4O. The van der Waals surface area contributed by atoms with Crippen molar-refractivity contribution in [3.63, 3.8) is 0 Å². The fourth-order valence-electron chi connectivity index (χ4n) is 2.76. The molecule has 1 aromatic rings. The molecule has 0 spiro atoms. The summed E-state index contributed by atoms with van der Waals surface area (Å²) in [4.78, 5) is 14.7. The molecule has 1 aromatic heterocycles. The number of carbonyl (C=O) groups is 1. The molecular weight excluding hydrogens is 240 g/mol. The Labute approximate surface area is 114 Å². The van der Waals surface area contributed by atoms with Gasteiger partial charge < -0.3 is 10.6 Å². The third kappa shape index (κ3) is 2.81. The normalized spacial score (nSPS) is 23.7. The highest BCUT2D eigenvalue weighted by Gasteiger charge is 2.30. The van der Waals surface area contributed by atoms with Crippen LogP contribution in [0.1, 0.15) is 42.9 Å². The Bertz CT molecular complexity index is 454. The lowest BCUT2D eigenvalue weighted by molar-refractivity contribution is 0.0554. The van der Waals surface area contributed by atoms with E-state index in [0.717, 1.165) is 31.6 Å². The molecule has 5 nitrogen and oxygen atoms in total. The Kier molecular flexibility index (Phi) is 4.24. The van der Waals surface area contributed by atoms with Crippen LogP contribution < -0.4 is 5.73 Å². The molecule has 1 fully saturated rings. The first kappa shape index (κ1) is 14.1. The first-order valence-corrected chi connectivity index (χ1v) is 7.12. The van der Waals surface area contributed by atoms with E-state index >= 15 is 0 Å². The second-order valence-electron chi connectivity index (χ2n) is 5.47. The van der Waals surface area contributed by atoms with Gasteiger partial charge in [-0.1, -0.05) is 0 Å². The fourth-order valence-corrected chi connectivity index (χ4v) is 2.76. The Morgan fingerprint density at radius 1 is 1.53 bits per heavy atom. The van der Waals surface area contributed by atoms with E-state index in [4.69, 9.17) is 5.73 Å². The zero-order valence-electron chi connectivity index (χ0n) is 12.1. The molecule has 0 bridgehead atoms. The molecule has 1 saturated heterocycles. The van der Waals surface area contributed by atoms with Crippen molar-refractivity contribution in [2.75, 3.05) is 13.1 Å². The van der Waals surface area contributed by atoms with Crippen LogP contribution in [-0.2, 0) is 6.54 Å². The highest BCUT2D eigenvalue weighted by atomic mass is 16.2. The maximum absolute atomic E-state index is 12.7. The quantitative estimate of drug-likeness (QED) is 0.897. The van der Waals surface area contributed by atoms with Crippen molar-refractivity contribution in [1.82, 2.24) is 14.7 Å². The number of nitrogens with two attached hydrogens (primary N) is 1. The van der Waals surface area contributed by atoms with Crippen molar-refractivity contribution in [3.05, 3.63) is 17.5 Å². The summed E-state index contributed by atoms with van der Waals surface area (Å²) in [7, 11) is 0. The number of aryl methyl sites for hydroxylation is 2. The molecule has 2 heterocycles. The van der Waals surface area contributed by atoms with E-state index in [-0.39, 0.29) is 11.9 Å². The van der Waals surface area contributed by atoms with Gasteiger partial charge in [-0.3, -0.25) is 9.48 Å². The Hall–Kier alpha value is -1.36. The summed E-state index contributed by atoms with van der Waals surface area (Å²) >= 11 is 0. The van der Waals surface area contributed by atoms with Crippen LogP contribution in [0.5, 0.6) is 0 Å². The van der Waals surface area contributed by atoms with E-state index in [1.165, 1.54) is 0 Å². The second-order valence-corrected chi connectivity index (χ2v) is 5.47. The number of carbonyl (C=O) groups excluding carboxylic acids is 1. The molecule has 106 valence electrons. The molecule has 2 N–H and O–H groups in total. The third-order valence-corrected chi connectivity index (χ3v) is 3.99. The Morgan fingerprint density at radius 2 is 2.26 bits per heavy atom. The molecule has 1 aliphatic rings. The number of aromatic nitrogens is 2. The monoisotopic (exact) mass is 264 g/mol. The van der Waals surface area contributed by atoms with E-state index in [9.17, 15) is 4.79 Å². The SMILES string of the molecule is CCn1nc(C)cc1C(=O)N1CC(CN)CCC1C. The van der Waals surface area contributed by atoms with Gasteiger partial charge in [0, 0.05) is 19.1 Å². The van der Waals surface area contributed by atoms with E-state index in [1.54, 1.807) is 4.68 Å². The second kappa shape index (κ2) is 5.74. The minimum atomic E-state index is 0.0908. The van der Waals surface area contributed by atoms with E-state index in [1.807, 2.05) is 24.8 Å². The largest absolute Gasteiger partial charge is 0.334 e. The average molecular weight is 264 g/mol.